The molecule has 2 aromatic rings. The number of rotatable bonds is 4. The first kappa shape index (κ1) is 13.6. The monoisotopic (exact) mass is 261 g/mol. The number of aromatic nitrogens is 2. The van der Waals surface area contributed by atoms with Crippen LogP contribution in [0.5, 0.6) is 0 Å². The molecule has 19 heavy (non-hydrogen) atoms. The van der Waals surface area contributed by atoms with Gasteiger partial charge in [0.15, 0.2) is 0 Å². The van der Waals surface area contributed by atoms with Gasteiger partial charge in [0, 0.05) is 18.4 Å². The van der Waals surface area contributed by atoms with Crippen LogP contribution in [0.2, 0.25) is 0 Å². The lowest BCUT2D eigenvalue weighted by Gasteiger charge is -2.09. The Kier molecular flexibility index (Phi) is 3.87. The maximum Gasteiger partial charge on any atom is 0.332 e. The van der Waals surface area contributed by atoms with Gasteiger partial charge in [-0.2, -0.15) is 0 Å². The fourth-order valence-corrected chi connectivity index (χ4v) is 1.97. The van der Waals surface area contributed by atoms with Gasteiger partial charge < -0.3 is 10.8 Å². The second-order valence-electron chi connectivity index (χ2n) is 4.83. The van der Waals surface area contributed by atoms with Gasteiger partial charge in [-0.1, -0.05) is 12.1 Å². The zero-order chi connectivity index (χ0) is 14.0. The number of aliphatic hydroxyl groups excluding tert-OH is 1. The zero-order valence-electron chi connectivity index (χ0n) is 11.2. The van der Waals surface area contributed by atoms with E-state index in [1.54, 1.807) is 21.5 Å². The fraction of sp³-hybridized carbons (Fsp3) is 0.357. The van der Waals surface area contributed by atoms with Crippen LogP contribution >= 0.6 is 0 Å². The molecule has 0 saturated heterocycles. The van der Waals surface area contributed by atoms with E-state index in [-0.39, 0.29) is 24.4 Å². The van der Waals surface area contributed by atoms with E-state index in [9.17, 15) is 4.79 Å². The molecule has 3 N–H and O–H groups in total. The molecular weight excluding hydrogens is 242 g/mol. The lowest BCUT2D eigenvalue weighted by atomic mass is 10.1. The average Bonchev–Trinajstić information content (AvgIpc) is 2.80. The largest absolute Gasteiger partial charge is 0.394 e. The van der Waals surface area contributed by atoms with E-state index in [2.05, 4.69) is 0 Å². The van der Waals surface area contributed by atoms with Crippen molar-refractivity contribution in [2.45, 2.75) is 25.9 Å². The minimum atomic E-state index is -0.383. The number of imidazole rings is 1. The van der Waals surface area contributed by atoms with Crippen LogP contribution in [0.25, 0.3) is 5.69 Å². The van der Waals surface area contributed by atoms with E-state index in [0.29, 0.717) is 0 Å². The second-order valence-corrected chi connectivity index (χ2v) is 4.83. The summed E-state index contributed by atoms with van der Waals surface area (Å²) >= 11 is 0. The number of nitrogens with two attached hydrogens (primary N) is 1. The molecule has 0 fully saturated rings. The predicted octanol–water partition coefficient (Wildman–Crippen LogP) is 1.21. The van der Waals surface area contributed by atoms with Crippen LogP contribution < -0.4 is 11.4 Å². The third-order valence-electron chi connectivity index (χ3n) is 3.16. The molecule has 0 radical (unpaired) electrons. The molecule has 1 aromatic carbocycles. The maximum atomic E-state index is 12.1. The van der Waals surface area contributed by atoms with Gasteiger partial charge in [-0.05, 0) is 31.5 Å². The van der Waals surface area contributed by atoms with E-state index in [4.69, 9.17) is 10.8 Å². The van der Waals surface area contributed by atoms with E-state index in [1.807, 2.05) is 38.1 Å². The summed E-state index contributed by atoms with van der Waals surface area (Å²) in [5.74, 6) is 0. The summed E-state index contributed by atoms with van der Waals surface area (Å²) in [4.78, 5) is 12.1. The number of nitrogens with zero attached hydrogens (tertiary/aromatic N) is 2. The highest BCUT2D eigenvalue weighted by molar-refractivity contribution is 5.35. The van der Waals surface area contributed by atoms with Crippen molar-refractivity contribution in [3.8, 4) is 5.69 Å². The predicted molar refractivity (Wildman–Crippen MR) is 74.4 cm³/mol. The molecule has 1 atom stereocenters. The van der Waals surface area contributed by atoms with Crippen molar-refractivity contribution in [1.82, 2.24) is 9.13 Å². The molecule has 5 heteroatoms. The number of hydrogen-bond acceptors (Lipinski definition) is 3. The molecule has 0 bridgehead atoms. The second kappa shape index (κ2) is 5.42. The molecule has 0 aliphatic carbocycles. The molecule has 1 unspecified atom stereocenters. The quantitative estimate of drug-likeness (QED) is 0.869. The Hall–Kier alpha value is -1.85. The summed E-state index contributed by atoms with van der Waals surface area (Å²) in [6, 6.07) is 7.07. The molecule has 0 saturated carbocycles. The van der Waals surface area contributed by atoms with Crippen molar-refractivity contribution in [3.05, 3.63) is 52.7 Å². The highest BCUT2D eigenvalue weighted by Crippen LogP contribution is 2.13. The van der Waals surface area contributed by atoms with E-state index < -0.39 is 0 Å². The third-order valence-corrected chi connectivity index (χ3v) is 3.16. The van der Waals surface area contributed by atoms with Crippen molar-refractivity contribution in [2.24, 2.45) is 5.73 Å². The first-order valence-corrected chi connectivity index (χ1v) is 6.31. The van der Waals surface area contributed by atoms with Crippen LogP contribution in [-0.4, -0.2) is 20.8 Å². The number of benzene rings is 1. The Bertz CT molecular complexity index is 596. The van der Waals surface area contributed by atoms with Crippen LogP contribution in [0.1, 0.15) is 31.5 Å². The standard InChI is InChI=1S/C14H19N3O2/c1-10(2)16-7-8-17(14(16)19)12-5-3-11(4-6-12)13(15)9-18/h3-8,10,13,18H,9,15H2,1-2H3. The van der Waals surface area contributed by atoms with E-state index in [1.165, 1.54) is 0 Å². The Morgan fingerprint density at radius 1 is 1.21 bits per heavy atom. The summed E-state index contributed by atoms with van der Waals surface area (Å²) in [5.41, 5.74) is 7.31. The smallest absolute Gasteiger partial charge is 0.332 e. The summed E-state index contributed by atoms with van der Waals surface area (Å²) in [6.45, 7) is 3.84. The van der Waals surface area contributed by atoms with Gasteiger partial charge in [0.05, 0.1) is 18.3 Å². The van der Waals surface area contributed by atoms with Crippen molar-refractivity contribution >= 4 is 0 Å². The van der Waals surface area contributed by atoms with E-state index in [0.717, 1.165) is 11.3 Å². The highest BCUT2D eigenvalue weighted by atomic mass is 16.3. The fourth-order valence-electron chi connectivity index (χ4n) is 1.97. The third kappa shape index (κ3) is 2.62. The SMILES string of the molecule is CC(C)n1ccn(-c2ccc(C(N)CO)cc2)c1=O. The van der Waals surface area contributed by atoms with Crippen molar-refractivity contribution in [2.75, 3.05) is 6.61 Å². The van der Waals surface area contributed by atoms with Gasteiger partial charge in [0.25, 0.3) is 0 Å². The van der Waals surface area contributed by atoms with Crippen molar-refractivity contribution in [3.63, 3.8) is 0 Å². The zero-order valence-corrected chi connectivity index (χ0v) is 11.2. The Morgan fingerprint density at radius 3 is 2.32 bits per heavy atom. The van der Waals surface area contributed by atoms with Crippen LogP contribution in [0.15, 0.2) is 41.5 Å². The van der Waals surface area contributed by atoms with Gasteiger partial charge in [-0.3, -0.25) is 9.13 Å². The summed E-state index contributed by atoms with van der Waals surface area (Å²) in [5, 5.41) is 9.00. The van der Waals surface area contributed by atoms with Gasteiger partial charge in [-0.15, -0.1) is 0 Å². The molecule has 0 amide bonds. The molecule has 0 aliphatic heterocycles. The Balaban J connectivity index is 2.35. The van der Waals surface area contributed by atoms with E-state index >= 15 is 0 Å². The molecular formula is C14H19N3O2. The highest BCUT2D eigenvalue weighted by Gasteiger charge is 2.09. The molecule has 1 heterocycles. The van der Waals surface area contributed by atoms with Gasteiger partial charge in [0.2, 0.25) is 0 Å². The van der Waals surface area contributed by atoms with Crippen LogP contribution in [0, 0.1) is 0 Å². The normalized spacial score (nSPS) is 12.9. The summed E-state index contributed by atoms with van der Waals surface area (Å²) < 4.78 is 3.27. The lowest BCUT2D eigenvalue weighted by molar-refractivity contribution is 0.268. The first-order chi connectivity index (χ1) is 9.04. The minimum absolute atomic E-state index is 0.0609. The number of aliphatic hydroxyl groups is 1. The van der Waals surface area contributed by atoms with Crippen LogP contribution in [-0.2, 0) is 0 Å². The van der Waals surface area contributed by atoms with Crippen LogP contribution in [0.3, 0.4) is 0 Å². The minimum Gasteiger partial charge on any atom is -0.394 e. The van der Waals surface area contributed by atoms with Gasteiger partial charge >= 0.3 is 5.69 Å². The summed E-state index contributed by atoms with van der Waals surface area (Å²) in [6.07, 6.45) is 3.53. The topological polar surface area (TPSA) is 73.2 Å². The molecule has 0 spiro atoms. The Labute approximate surface area is 111 Å². The number of hydrogen-bond donors (Lipinski definition) is 2. The molecule has 5 nitrogen and oxygen atoms in total. The van der Waals surface area contributed by atoms with Crippen molar-refractivity contribution < 1.29 is 5.11 Å². The molecule has 0 aliphatic rings. The maximum absolute atomic E-state index is 12.1. The van der Waals surface area contributed by atoms with Crippen LogP contribution in [0.4, 0.5) is 0 Å². The Morgan fingerprint density at radius 2 is 1.84 bits per heavy atom. The molecule has 2 rings (SSSR count). The average molecular weight is 261 g/mol. The summed E-state index contributed by atoms with van der Waals surface area (Å²) in [7, 11) is 0. The molecule has 102 valence electrons. The van der Waals surface area contributed by atoms with Crippen molar-refractivity contribution in [1.29, 1.82) is 0 Å². The van der Waals surface area contributed by atoms with Gasteiger partial charge in [-0.25, -0.2) is 4.79 Å². The first-order valence-electron chi connectivity index (χ1n) is 6.31. The lowest BCUT2D eigenvalue weighted by Crippen LogP contribution is -2.24. The van der Waals surface area contributed by atoms with Gasteiger partial charge in [0.1, 0.15) is 0 Å². The molecule has 1 aromatic heterocycles.